The highest BCUT2D eigenvalue weighted by Crippen LogP contribution is 2.75. The zero-order valence-electron chi connectivity index (χ0n) is 18.9. The molecule has 4 aliphatic carbocycles. The third-order valence-electron chi connectivity index (χ3n) is 9.59. The molecule has 2 N–H and O–H groups in total. The number of anilines is 1. The van der Waals surface area contributed by atoms with Gasteiger partial charge in [0.05, 0.1) is 12.5 Å². The Hall–Kier alpha value is -2.50. The minimum absolute atomic E-state index is 0.00910. The number of hydrogen-bond acceptors (Lipinski definition) is 5. The molecule has 1 saturated carbocycles. The van der Waals surface area contributed by atoms with Crippen molar-refractivity contribution in [3.05, 3.63) is 65.2 Å². The van der Waals surface area contributed by atoms with Crippen LogP contribution in [0.1, 0.15) is 35.4 Å². The van der Waals surface area contributed by atoms with Gasteiger partial charge in [-0.1, -0.05) is 30.4 Å². The fourth-order valence-corrected chi connectivity index (χ4v) is 8.36. The molecule has 2 aromatic rings. The van der Waals surface area contributed by atoms with Gasteiger partial charge in [-0.25, -0.2) is 0 Å². The summed E-state index contributed by atoms with van der Waals surface area (Å²) < 4.78 is 19.3. The maximum Gasteiger partial charge on any atom is 0.166 e. The predicted octanol–water partition coefficient (Wildman–Crippen LogP) is 3.67. The molecular weight excluding hydrogens is 400 g/mol. The first-order chi connectivity index (χ1) is 15.5. The summed E-state index contributed by atoms with van der Waals surface area (Å²) in [6, 6.07) is 13.1. The van der Waals surface area contributed by atoms with E-state index in [1.807, 2.05) is 13.2 Å². The Kier molecular flexibility index (Phi) is 3.50. The first-order valence-electron chi connectivity index (χ1n) is 11.7. The monoisotopic (exact) mass is 430 g/mol. The van der Waals surface area contributed by atoms with Crippen molar-refractivity contribution in [3.63, 3.8) is 0 Å². The van der Waals surface area contributed by atoms with E-state index in [1.54, 1.807) is 7.11 Å². The number of methoxy groups -OCH3 is 2. The van der Waals surface area contributed by atoms with Gasteiger partial charge in [0.15, 0.2) is 11.5 Å². The number of ether oxygens (including phenoxy) is 3. The Balaban J connectivity index is 1.54. The summed E-state index contributed by atoms with van der Waals surface area (Å²) in [5.74, 6) is 1.96. The summed E-state index contributed by atoms with van der Waals surface area (Å²) in [4.78, 5) is 2.58. The van der Waals surface area contributed by atoms with E-state index in [-0.39, 0.29) is 22.9 Å². The van der Waals surface area contributed by atoms with Crippen LogP contribution >= 0.6 is 0 Å². The van der Waals surface area contributed by atoms with Gasteiger partial charge < -0.3 is 24.8 Å². The molecule has 0 radical (unpaired) electrons. The minimum atomic E-state index is -0.547. The van der Waals surface area contributed by atoms with Crippen LogP contribution in [0.5, 0.6) is 11.5 Å². The maximum atomic E-state index is 6.99. The fourth-order valence-electron chi connectivity index (χ4n) is 8.36. The van der Waals surface area contributed by atoms with Crippen molar-refractivity contribution in [2.75, 3.05) is 33.5 Å². The van der Waals surface area contributed by atoms with Crippen LogP contribution in [0.15, 0.2) is 48.6 Å². The van der Waals surface area contributed by atoms with E-state index in [2.05, 4.69) is 54.4 Å². The highest BCUT2D eigenvalue weighted by molar-refractivity contribution is 5.66. The van der Waals surface area contributed by atoms with Gasteiger partial charge in [-0.15, -0.1) is 0 Å². The minimum Gasteiger partial charge on any atom is -0.493 e. The second kappa shape index (κ2) is 5.89. The molecule has 8 rings (SSSR count). The lowest BCUT2D eigenvalue weighted by Gasteiger charge is -2.71. The lowest BCUT2D eigenvalue weighted by Crippen LogP contribution is -2.78. The van der Waals surface area contributed by atoms with Gasteiger partial charge in [-0.05, 0) is 62.2 Å². The molecule has 6 atom stereocenters. The number of rotatable bonds is 3. The summed E-state index contributed by atoms with van der Waals surface area (Å²) in [5.41, 5.74) is 10.4. The van der Waals surface area contributed by atoms with Crippen molar-refractivity contribution in [2.45, 2.75) is 48.3 Å². The Morgan fingerprint density at radius 3 is 2.81 bits per heavy atom. The number of nitrogens with two attached hydrogens (primary N) is 1. The largest absolute Gasteiger partial charge is 0.493 e. The number of nitrogens with zero attached hydrogens (tertiary/aromatic N) is 1. The van der Waals surface area contributed by atoms with Crippen molar-refractivity contribution in [1.82, 2.24) is 4.90 Å². The van der Waals surface area contributed by atoms with Crippen molar-refractivity contribution < 1.29 is 14.2 Å². The van der Waals surface area contributed by atoms with E-state index >= 15 is 0 Å². The summed E-state index contributed by atoms with van der Waals surface area (Å²) in [6.07, 6.45) is 7.89. The second-order valence-electron chi connectivity index (χ2n) is 10.4. The van der Waals surface area contributed by atoms with Gasteiger partial charge in [0.1, 0.15) is 11.7 Å². The highest BCUT2D eigenvalue weighted by Gasteiger charge is 2.79. The smallest absolute Gasteiger partial charge is 0.166 e. The van der Waals surface area contributed by atoms with Crippen LogP contribution < -0.4 is 15.2 Å². The number of likely N-dealkylation sites (tertiary alicyclic amines) is 1. The van der Waals surface area contributed by atoms with E-state index in [0.29, 0.717) is 6.04 Å². The van der Waals surface area contributed by atoms with Crippen LogP contribution in [0, 0.1) is 5.41 Å². The molecule has 5 nitrogen and oxygen atoms in total. The Labute approximate surface area is 189 Å². The molecule has 166 valence electrons. The first-order valence-corrected chi connectivity index (χ1v) is 11.7. The van der Waals surface area contributed by atoms with Gasteiger partial charge in [0, 0.05) is 35.7 Å². The summed E-state index contributed by atoms with van der Waals surface area (Å²) >= 11 is 0. The first kappa shape index (κ1) is 19.0. The number of piperidine rings is 1. The summed E-state index contributed by atoms with van der Waals surface area (Å²) in [7, 11) is 5.88. The van der Waals surface area contributed by atoms with Crippen molar-refractivity contribution in [2.24, 2.45) is 5.41 Å². The average molecular weight is 431 g/mol. The zero-order chi connectivity index (χ0) is 21.9. The van der Waals surface area contributed by atoms with E-state index < -0.39 is 5.60 Å². The molecule has 5 heteroatoms. The molecule has 4 bridgehead atoms. The lowest BCUT2D eigenvalue weighted by atomic mass is 9.37. The number of benzene rings is 2. The van der Waals surface area contributed by atoms with E-state index in [9.17, 15) is 0 Å². The SMILES string of the molecule is COc1ccc2c3c1O[C@H]1[C@@]4(OC)C=C[C@@]5(C[C@@H]4c4cccc(N)c4)[C@@H](C2)N(C)CC[C@]315. The lowest BCUT2D eigenvalue weighted by molar-refractivity contribution is -0.197. The molecule has 2 heterocycles. The van der Waals surface area contributed by atoms with Crippen LogP contribution in [0.3, 0.4) is 0 Å². The Morgan fingerprint density at radius 2 is 2.03 bits per heavy atom. The van der Waals surface area contributed by atoms with E-state index in [4.69, 9.17) is 19.9 Å². The second-order valence-corrected chi connectivity index (χ2v) is 10.4. The Morgan fingerprint density at radius 1 is 1.16 bits per heavy atom. The molecule has 2 spiro atoms. The zero-order valence-corrected chi connectivity index (χ0v) is 18.9. The summed E-state index contributed by atoms with van der Waals surface area (Å²) in [5, 5.41) is 0. The number of hydrogen-bond donors (Lipinski definition) is 1. The van der Waals surface area contributed by atoms with Gasteiger partial charge in [0.2, 0.25) is 0 Å². The number of likely N-dealkylation sites (N-methyl/N-ethyl adjacent to an activating group) is 1. The molecular formula is C27H30N2O3. The fraction of sp³-hybridized carbons (Fsp3) is 0.481. The molecule has 2 fully saturated rings. The normalized spacial score (nSPS) is 40.2. The average Bonchev–Trinajstić information content (AvgIpc) is 3.18. The standard InChI is InChI=1S/C27H30N2O3/c1-29-12-11-26-22-17-7-8-20(30-2)23(22)32-24(26)27(31-3)10-9-25(26,21(29)14-17)15-19(27)16-5-4-6-18(28)13-16/h4-10,13,19,21,24H,11-12,14-15,28H2,1-3H3/t19-,21-,24-,25-,26+,27-/m1/s1. The van der Waals surface area contributed by atoms with Gasteiger partial charge in [-0.3, -0.25) is 0 Å². The van der Waals surface area contributed by atoms with Crippen LogP contribution in [0.25, 0.3) is 0 Å². The maximum absolute atomic E-state index is 6.99. The molecule has 32 heavy (non-hydrogen) atoms. The predicted molar refractivity (Wildman–Crippen MR) is 123 cm³/mol. The quantitative estimate of drug-likeness (QED) is 0.595. The van der Waals surface area contributed by atoms with E-state index in [0.717, 1.165) is 43.0 Å². The molecule has 0 aromatic heterocycles. The third-order valence-corrected chi connectivity index (χ3v) is 9.59. The Bertz CT molecular complexity index is 1180. The molecule has 1 saturated heterocycles. The van der Waals surface area contributed by atoms with Crippen LogP contribution in [-0.4, -0.2) is 50.5 Å². The topological polar surface area (TPSA) is 57.0 Å². The van der Waals surface area contributed by atoms with Crippen LogP contribution in [0.2, 0.25) is 0 Å². The van der Waals surface area contributed by atoms with Crippen molar-refractivity contribution in [3.8, 4) is 11.5 Å². The molecule has 2 aliphatic heterocycles. The number of fused-ring (bicyclic) bond motifs is 1. The molecule has 0 amide bonds. The van der Waals surface area contributed by atoms with Gasteiger partial charge in [0.25, 0.3) is 0 Å². The molecule has 2 aromatic carbocycles. The van der Waals surface area contributed by atoms with Gasteiger partial charge >= 0.3 is 0 Å². The van der Waals surface area contributed by atoms with Crippen molar-refractivity contribution in [1.29, 1.82) is 0 Å². The van der Waals surface area contributed by atoms with Crippen LogP contribution in [-0.2, 0) is 16.6 Å². The molecule has 6 aliphatic rings. The van der Waals surface area contributed by atoms with Crippen LogP contribution in [0.4, 0.5) is 5.69 Å². The van der Waals surface area contributed by atoms with Gasteiger partial charge in [-0.2, -0.15) is 0 Å². The highest BCUT2D eigenvalue weighted by atomic mass is 16.6. The van der Waals surface area contributed by atoms with Crippen molar-refractivity contribution >= 4 is 5.69 Å². The number of nitrogen functional groups attached to an aromatic ring is 1. The van der Waals surface area contributed by atoms with E-state index in [1.165, 1.54) is 16.7 Å². The third kappa shape index (κ3) is 1.84. The summed E-state index contributed by atoms with van der Waals surface area (Å²) in [6.45, 7) is 1.07. The molecule has 0 unspecified atom stereocenters.